The van der Waals surface area contributed by atoms with E-state index in [2.05, 4.69) is 6.08 Å². The fraction of sp³-hybridized carbons (Fsp3) is 0.769. The first-order valence-corrected chi connectivity index (χ1v) is 6.19. The average molecular weight is 225 g/mol. The Balaban J connectivity index is 2.30. The van der Waals surface area contributed by atoms with Crippen molar-refractivity contribution >= 4 is 5.91 Å². The van der Waals surface area contributed by atoms with Gasteiger partial charge in [-0.25, -0.2) is 0 Å². The molecule has 0 aromatic carbocycles. The predicted octanol–water partition coefficient (Wildman–Crippen LogP) is 2.11. The number of carbonyl (C=O) groups excluding carboxylic acids is 1. The van der Waals surface area contributed by atoms with Crippen molar-refractivity contribution in [2.24, 2.45) is 0 Å². The number of hydrogen-bond acceptors (Lipinski definition) is 2. The van der Waals surface area contributed by atoms with Gasteiger partial charge >= 0.3 is 0 Å². The molecule has 1 aliphatic rings. The van der Waals surface area contributed by atoms with Crippen molar-refractivity contribution in [1.82, 2.24) is 4.90 Å². The molecule has 16 heavy (non-hydrogen) atoms. The maximum atomic E-state index is 11.8. The van der Waals surface area contributed by atoms with Gasteiger partial charge in [-0.15, -0.1) is 0 Å². The lowest BCUT2D eigenvalue weighted by Crippen LogP contribution is -2.29. The maximum Gasteiger partial charge on any atom is 0.226 e. The highest BCUT2D eigenvalue weighted by molar-refractivity contribution is 5.78. The van der Waals surface area contributed by atoms with E-state index in [1.807, 2.05) is 7.05 Å². The van der Waals surface area contributed by atoms with E-state index in [1.54, 1.807) is 11.8 Å². The topological polar surface area (TPSA) is 40.5 Å². The highest BCUT2D eigenvalue weighted by Crippen LogP contribution is 2.20. The molecule has 0 aliphatic heterocycles. The van der Waals surface area contributed by atoms with Crippen molar-refractivity contribution in [3.8, 4) is 0 Å². The van der Waals surface area contributed by atoms with Gasteiger partial charge in [-0.1, -0.05) is 11.6 Å². The molecule has 0 bridgehead atoms. The first-order valence-electron chi connectivity index (χ1n) is 6.19. The maximum absolute atomic E-state index is 11.8. The summed E-state index contributed by atoms with van der Waals surface area (Å²) in [6, 6.07) is 0. The average Bonchev–Trinajstić information content (AvgIpc) is 2.27. The van der Waals surface area contributed by atoms with Crippen LogP contribution in [-0.2, 0) is 4.79 Å². The lowest BCUT2D eigenvalue weighted by molar-refractivity contribution is -0.129. The normalized spacial score (nSPS) is 17.8. The van der Waals surface area contributed by atoms with Crippen LogP contribution in [0.1, 0.15) is 45.4 Å². The second-order valence-electron chi connectivity index (χ2n) is 4.74. The molecule has 3 heteroatoms. The molecule has 3 nitrogen and oxygen atoms in total. The second-order valence-corrected chi connectivity index (χ2v) is 4.74. The fourth-order valence-corrected chi connectivity index (χ4v) is 1.90. The van der Waals surface area contributed by atoms with Crippen LogP contribution in [0.4, 0.5) is 0 Å². The Morgan fingerprint density at radius 3 is 2.88 bits per heavy atom. The summed E-state index contributed by atoms with van der Waals surface area (Å²) < 4.78 is 0. The van der Waals surface area contributed by atoms with Gasteiger partial charge < -0.3 is 10.0 Å². The first-order chi connectivity index (χ1) is 7.59. The minimum atomic E-state index is -0.329. The van der Waals surface area contributed by atoms with Crippen LogP contribution in [0.3, 0.4) is 0 Å². The molecule has 92 valence electrons. The molecule has 0 aromatic heterocycles. The van der Waals surface area contributed by atoms with E-state index in [9.17, 15) is 4.79 Å². The van der Waals surface area contributed by atoms with Gasteiger partial charge in [-0.05, 0) is 39.0 Å². The standard InChI is InChI=1S/C13H23NO2/c1-11(15)8-9-14(2)13(16)10-12-6-4-3-5-7-12/h6,11,15H,3-5,7-10H2,1-2H3. The molecular formula is C13H23NO2. The lowest BCUT2D eigenvalue weighted by Gasteiger charge is -2.20. The highest BCUT2D eigenvalue weighted by Gasteiger charge is 2.13. The van der Waals surface area contributed by atoms with Gasteiger partial charge in [-0.3, -0.25) is 4.79 Å². The summed E-state index contributed by atoms with van der Waals surface area (Å²) in [5.74, 6) is 0.175. The molecule has 1 aliphatic carbocycles. The number of amides is 1. The second kappa shape index (κ2) is 6.69. The Hall–Kier alpha value is -0.830. The van der Waals surface area contributed by atoms with Gasteiger partial charge in [0.2, 0.25) is 5.91 Å². The number of carbonyl (C=O) groups is 1. The molecule has 1 unspecified atom stereocenters. The Morgan fingerprint density at radius 1 is 1.56 bits per heavy atom. The number of aliphatic hydroxyl groups excluding tert-OH is 1. The van der Waals surface area contributed by atoms with Crippen molar-refractivity contribution < 1.29 is 9.90 Å². The number of hydrogen-bond donors (Lipinski definition) is 1. The van der Waals surface area contributed by atoms with Crippen molar-refractivity contribution in [2.45, 2.75) is 51.6 Å². The monoisotopic (exact) mass is 225 g/mol. The molecule has 0 aromatic rings. The van der Waals surface area contributed by atoms with E-state index in [1.165, 1.54) is 18.4 Å². The number of rotatable bonds is 5. The van der Waals surface area contributed by atoms with Crippen LogP contribution in [0.25, 0.3) is 0 Å². The third kappa shape index (κ3) is 4.79. The van der Waals surface area contributed by atoms with Gasteiger partial charge in [0.1, 0.15) is 0 Å². The minimum Gasteiger partial charge on any atom is -0.393 e. The van der Waals surface area contributed by atoms with Crippen molar-refractivity contribution in [1.29, 1.82) is 0 Å². The van der Waals surface area contributed by atoms with Gasteiger partial charge in [0.25, 0.3) is 0 Å². The van der Waals surface area contributed by atoms with Crippen molar-refractivity contribution in [3.05, 3.63) is 11.6 Å². The molecule has 0 radical (unpaired) electrons. The number of allylic oxidation sites excluding steroid dienone is 1. The summed E-state index contributed by atoms with van der Waals surface area (Å²) in [5, 5.41) is 9.16. The third-order valence-electron chi connectivity index (χ3n) is 3.07. The summed E-state index contributed by atoms with van der Waals surface area (Å²) in [6.45, 7) is 2.39. The van der Waals surface area contributed by atoms with Gasteiger partial charge in [0.05, 0.1) is 6.10 Å². The summed E-state index contributed by atoms with van der Waals surface area (Å²) in [6.07, 6.45) is 7.79. The number of aliphatic hydroxyl groups is 1. The fourth-order valence-electron chi connectivity index (χ4n) is 1.90. The van der Waals surface area contributed by atoms with Crippen LogP contribution in [0.2, 0.25) is 0 Å². The Labute approximate surface area is 98.1 Å². The Kier molecular flexibility index (Phi) is 5.53. The van der Waals surface area contributed by atoms with Crippen LogP contribution in [0.15, 0.2) is 11.6 Å². The smallest absolute Gasteiger partial charge is 0.226 e. The van der Waals surface area contributed by atoms with E-state index >= 15 is 0 Å². The van der Waals surface area contributed by atoms with E-state index in [0.29, 0.717) is 19.4 Å². The molecule has 1 rings (SSSR count). The molecule has 0 heterocycles. The zero-order chi connectivity index (χ0) is 12.0. The summed E-state index contributed by atoms with van der Waals surface area (Å²) in [4.78, 5) is 13.6. The van der Waals surface area contributed by atoms with Crippen LogP contribution >= 0.6 is 0 Å². The van der Waals surface area contributed by atoms with E-state index < -0.39 is 0 Å². The molecule has 0 fully saturated rings. The predicted molar refractivity (Wildman–Crippen MR) is 65.1 cm³/mol. The molecule has 1 N–H and O–H groups in total. The van der Waals surface area contributed by atoms with Crippen LogP contribution in [-0.4, -0.2) is 35.6 Å². The van der Waals surface area contributed by atoms with Crippen LogP contribution in [0, 0.1) is 0 Å². The first kappa shape index (κ1) is 13.2. The summed E-state index contributed by atoms with van der Waals surface area (Å²) >= 11 is 0. The van der Waals surface area contributed by atoms with E-state index in [0.717, 1.165) is 12.8 Å². The summed E-state index contributed by atoms with van der Waals surface area (Å²) in [7, 11) is 1.81. The number of nitrogens with zero attached hydrogens (tertiary/aromatic N) is 1. The van der Waals surface area contributed by atoms with E-state index in [-0.39, 0.29) is 12.0 Å². The van der Waals surface area contributed by atoms with Crippen LogP contribution < -0.4 is 0 Å². The molecular weight excluding hydrogens is 202 g/mol. The highest BCUT2D eigenvalue weighted by atomic mass is 16.3. The van der Waals surface area contributed by atoms with Gasteiger partial charge in [-0.2, -0.15) is 0 Å². The minimum absolute atomic E-state index is 0.175. The zero-order valence-corrected chi connectivity index (χ0v) is 10.4. The zero-order valence-electron chi connectivity index (χ0n) is 10.4. The van der Waals surface area contributed by atoms with Crippen molar-refractivity contribution in [3.63, 3.8) is 0 Å². The van der Waals surface area contributed by atoms with Crippen molar-refractivity contribution in [2.75, 3.05) is 13.6 Å². The molecule has 0 saturated carbocycles. The van der Waals surface area contributed by atoms with E-state index in [4.69, 9.17) is 5.11 Å². The van der Waals surface area contributed by atoms with Gasteiger partial charge in [0.15, 0.2) is 0 Å². The molecule has 1 amide bonds. The summed E-state index contributed by atoms with van der Waals surface area (Å²) in [5.41, 5.74) is 1.29. The quantitative estimate of drug-likeness (QED) is 0.728. The van der Waals surface area contributed by atoms with Crippen LogP contribution in [0.5, 0.6) is 0 Å². The third-order valence-corrected chi connectivity index (χ3v) is 3.07. The molecule has 1 atom stereocenters. The SMILES string of the molecule is CC(O)CCN(C)C(=O)CC1=CCCCC1. The largest absolute Gasteiger partial charge is 0.393 e. The lowest BCUT2D eigenvalue weighted by atomic mass is 9.97. The molecule has 0 spiro atoms. The molecule has 0 saturated heterocycles. The van der Waals surface area contributed by atoms with Gasteiger partial charge in [0, 0.05) is 20.0 Å². The Bertz CT molecular complexity index is 259. The Morgan fingerprint density at radius 2 is 2.31 bits per heavy atom.